The zero-order chi connectivity index (χ0) is 17.0. The van der Waals surface area contributed by atoms with E-state index in [2.05, 4.69) is 11.1 Å². The summed E-state index contributed by atoms with van der Waals surface area (Å²) in [4.78, 5) is 4.35. The molecule has 0 fully saturated rings. The molecule has 2 aromatic carbocycles. The van der Waals surface area contributed by atoms with Gasteiger partial charge >= 0.3 is 0 Å². The maximum atomic E-state index is 13.0. The zero-order valence-electron chi connectivity index (χ0n) is 12.5. The van der Waals surface area contributed by atoms with E-state index in [1.165, 1.54) is 15.6 Å². The minimum Gasteiger partial charge on any atom is -0.237 e. The largest absolute Gasteiger partial charge is 0.266 e. The minimum absolute atomic E-state index is 0.111. The Morgan fingerprint density at radius 3 is 2.58 bits per heavy atom. The Bertz CT molecular complexity index is 963. The van der Waals surface area contributed by atoms with E-state index in [4.69, 9.17) is 5.26 Å². The Labute approximate surface area is 144 Å². The van der Waals surface area contributed by atoms with Crippen molar-refractivity contribution in [2.45, 2.75) is 11.4 Å². The molecule has 3 aromatic rings. The van der Waals surface area contributed by atoms with Gasteiger partial charge in [-0.05, 0) is 29.8 Å². The van der Waals surface area contributed by atoms with Crippen molar-refractivity contribution < 1.29 is 8.42 Å². The normalized spacial score (nSPS) is 11.0. The van der Waals surface area contributed by atoms with Crippen LogP contribution in [-0.2, 0) is 16.6 Å². The Hall–Kier alpha value is -2.69. The van der Waals surface area contributed by atoms with Gasteiger partial charge in [-0.3, -0.25) is 0 Å². The van der Waals surface area contributed by atoms with Crippen LogP contribution in [0.3, 0.4) is 0 Å². The van der Waals surface area contributed by atoms with Crippen LogP contribution in [-0.4, -0.2) is 13.4 Å². The van der Waals surface area contributed by atoms with E-state index >= 15 is 0 Å². The second-order valence-electron chi connectivity index (χ2n) is 4.95. The summed E-state index contributed by atoms with van der Waals surface area (Å²) >= 11 is 1.25. The topological polar surface area (TPSA) is 74.1 Å². The van der Waals surface area contributed by atoms with Crippen molar-refractivity contribution in [2.24, 2.45) is 0 Å². The molecule has 1 heterocycles. The van der Waals surface area contributed by atoms with Gasteiger partial charge in [0.05, 0.1) is 23.1 Å². The summed E-state index contributed by atoms with van der Waals surface area (Å²) in [7, 11) is -3.74. The third-order valence-electron chi connectivity index (χ3n) is 3.35. The van der Waals surface area contributed by atoms with Gasteiger partial charge in [0.1, 0.15) is 0 Å². The molecule has 0 saturated carbocycles. The molecule has 0 radical (unpaired) electrons. The van der Waals surface area contributed by atoms with E-state index < -0.39 is 10.0 Å². The summed E-state index contributed by atoms with van der Waals surface area (Å²) in [6, 6.07) is 17.2. The third kappa shape index (κ3) is 3.30. The summed E-state index contributed by atoms with van der Waals surface area (Å²) in [5.41, 5.74) is 1.22. The average molecular weight is 355 g/mol. The molecule has 120 valence electrons. The third-order valence-corrected chi connectivity index (χ3v) is 6.01. The molecule has 0 atom stereocenters. The Morgan fingerprint density at radius 1 is 1.12 bits per heavy atom. The van der Waals surface area contributed by atoms with Crippen LogP contribution in [0.2, 0.25) is 0 Å². The van der Waals surface area contributed by atoms with Crippen molar-refractivity contribution in [3.63, 3.8) is 0 Å². The van der Waals surface area contributed by atoms with Crippen molar-refractivity contribution in [1.29, 1.82) is 5.26 Å². The number of hydrogen-bond acceptors (Lipinski definition) is 5. The highest BCUT2D eigenvalue weighted by Crippen LogP contribution is 2.27. The minimum atomic E-state index is -3.74. The van der Waals surface area contributed by atoms with Gasteiger partial charge in [-0.2, -0.15) is 5.26 Å². The zero-order valence-corrected chi connectivity index (χ0v) is 14.2. The van der Waals surface area contributed by atoms with Crippen LogP contribution in [0.15, 0.2) is 71.1 Å². The van der Waals surface area contributed by atoms with Crippen molar-refractivity contribution in [3.8, 4) is 6.07 Å². The highest BCUT2D eigenvalue weighted by molar-refractivity contribution is 7.93. The number of anilines is 1. The van der Waals surface area contributed by atoms with E-state index in [1.54, 1.807) is 66.2 Å². The number of sulfonamides is 1. The summed E-state index contributed by atoms with van der Waals surface area (Å²) in [5.74, 6) is 0. The maximum absolute atomic E-state index is 13.0. The Balaban J connectivity index is 2.03. The molecule has 0 aliphatic heterocycles. The first-order chi connectivity index (χ1) is 11.6. The maximum Gasteiger partial charge on any atom is 0.266 e. The lowest BCUT2D eigenvalue weighted by Crippen LogP contribution is -2.30. The number of hydrogen-bond donors (Lipinski definition) is 0. The average Bonchev–Trinajstić information content (AvgIpc) is 3.14. The molecule has 0 unspecified atom stereocenters. The molecule has 0 amide bonds. The number of thiazole rings is 1. The first kappa shape index (κ1) is 16.2. The molecular formula is C17H13N3O2S2. The van der Waals surface area contributed by atoms with Crippen LogP contribution in [0.1, 0.15) is 11.1 Å². The van der Waals surface area contributed by atoms with Gasteiger partial charge in [-0.25, -0.2) is 17.7 Å². The molecule has 0 saturated heterocycles. The van der Waals surface area contributed by atoms with Gasteiger partial charge in [-0.15, -0.1) is 11.3 Å². The fourth-order valence-electron chi connectivity index (χ4n) is 2.22. The van der Waals surface area contributed by atoms with E-state index in [1.807, 2.05) is 0 Å². The van der Waals surface area contributed by atoms with E-state index in [0.717, 1.165) is 5.56 Å². The highest BCUT2D eigenvalue weighted by atomic mass is 32.2. The predicted octanol–water partition coefficient (Wildman–Crippen LogP) is 3.41. The summed E-state index contributed by atoms with van der Waals surface area (Å²) in [6.45, 7) is 0.111. The van der Waals surface area contributed by atoms with Gasteiger partial charge in [-0.1, -0.05) is 30.3 Å². The number of nitrogens with zero attached hydrogens (tertiary/aromatic N) is 3. The number of rotatable bonds is 5. The monoisotopic (exact) mass is 355 g/mol. The highest BCUT2D eigenvalue weighted by Gasteiger charge is 2.26. The quantitative estimate of drug-likeness (QED) is 0.703. The molecule has 5 nitrogen and oxygen atoms in total. The first-order valence-corrected chi connectivity index (χ1v) is 9.39. The lowest BCUT2D eigenvalue weighted by Gasteiger charge is -2.22. The van der Waals surface area contributed by atoms with Crippen molar-refractivity contribution in [1.82, 2.24) is 4.98 Å². The van der Waals surface area contributed by atoms with Crippen molar-refractivity contribution in [3.05, 3.63) is 77.3 Å². The molecule has 7 heteroatoms. The van der Waals surface area contributed by atoms with Gasteiger partial charge < -0.3 is 0 Å². The van der Waals surface area contributed by atoms with Crippen molar-refractivity contribution >= 4 is 26.5 Å². The second-order valence-corrected chi connectivity index (χ2v) is 7.69. The molecular weight excluding hydrogens is 342 g/mol. The fraction of sp³-hybridized carbons (Fsp3) is 0.0588. The van der Waals surface area contributed by atoms with Gasteiger partial charge in [0.15, 0.2) is 5.13 Å². The molecule has 3 rings (SSSR count). The van der Waals surface area contributed by atoms with Crippen LogP contribution in [0.5, 0.6) is 0 Å². The molecule has 24 heavy (non-hydrogen) atoms. The van der Waals surface area contributed by atoms with Crippen LogP contribution in [0.4, 0.5) is 5.13 Å². The Kier molecular flexibility index (Phi) is 4.60. The van der Waals surface area contributed by atoms with E-state index in [0.29, 0.717) is 10.7 Å². The van der Waals surface area contributed by atoms with Gasteiger partial charge in [0.2, 0.25) is 0 Å². The summed E-state index contributed by atoms with van der Waals surface area (Å²) in [5, 5.41) is 11.1. The molecule has 0 N–H and O–H groups in total. The fourth-order valence-corrected chi connectivity index (χ4v) is 4.52. The molecule has 0 aliphatic carbocycles. The van der Waals surface area contributed by atoms with Gasteiger partial charge in [0, 0.05) is 11.6 Å². The smallest absolute Gasteiger partial charge is 0.237 e. The lowest BCUT2D eigenvalue weighted by molar-refractivity contribution is 0.590. The van der Waals surface area contributed by atoms with Crippen LogP contribution < -0.4 is 4.31 Å². The summed E-state index contributed by atoms with van der Waals surface area (Å²) in [6.07, 6.45) is 1.57. The van der Waals surface area contributed by atoms with Crippen LogP contribution in [0.25, 0.3) is 0 Å². The SMILES string of the molecule is N#Cc1cccc(CN(c2nccs2)S(=O)(=O)c2ccccc2)c1. The molecule has 0 aliphatic rings. The summed E-state index contributed by atoms with van der Waals surface area (Å²) < 4.78 is 27.3. The molecule has 1 aromatic heterocycles. The predicted molar refractivity (Wildman–Crippen MR) is 93.1 cm³/mol. The van der Waals surface area contributed by atoms with Crippen LogP contribution in [0, 0.1) is 11.3 Å². The molecule has 0 bridgehead atoms. The number of aromatic nitrogens is 1. The number of nitriles is 1. The standard InChI is InChI=1S/C17H13N3O2S2/c18-12-14-5-4-6-15(11-14)13-20(17-19-9-10-23-17)24(21,22)16-7-2-1-3-8-16/h1-11H,13H2. The second kappa shape index (κ2) is 6.83. The van der Waals surface area contributed by atoms with E-state index in [9.17, 15) is 8.42 Å². The van der Waals surface area contributed by atoms with Crippen LogP contribution >= 0.6 is 11.3 Å². The van der Waals surface area contributed by atoms with Gasteiger partial charge in [0.25, 0.3) is 10.0 Å². The number of benzene rings is 2. The molecule has 0 spiro atoms. The lowest BCUT2D eigenvalue weighted by atomic mass is 10.1. The first-order valence-electron chi connectivity index (χ1n) is 7.07. The Morgan fingerprint density at radius 2 is 1.92 bits per heavy atom. The van der Waals surface area contributed by atoms with E-state index in [-0.39, 0.29) is 11.4 Å². The van der Waals surface area contributed by atoms with Crippen molar-refractivity contribution in [2.75, 3.05) is 4.31 Å².